The monoisotopic (exact) mass is 272 g/mol. The number of nitrogens with two attached hydrogens (primary N) is 1. The molecule has 0 amide bonds. The van der Waals surface area contributed by atoms with Gasteiger partial charge in [0.25, 0.3) is 0 Å². The maximum atomic E-state index is 11.9. The minimum atomic E-state index is -3.42. The molecule has 6 heteroatoms. The Labute approximate surface area is 106 Å². The third-order valence-electron chi connectivity index (χ3n) is 2.24. The average Bonchev–Trinajstić information content (AvgIpc) is 2.28. The van der Waals surface area contributed by atoms with Gasteiger partial charge < -0.3 is 5.73 Å². The molecule has 1 aromatic rings. The van der Waals surface area contributed by atoms with Gasteiger partial charge in [0.2, 0.25) is 0 Å². The maximum absolute atomic E-state index is 11.9. The Bertz CT molecular complexity index is 535. The molecule has 0 atom stereocenters. The van der Waals surface area contributed by atoms with E-state index in [0.717, 1.165) is 0 Å². The van der Waals surface area contributed by atoms with Crippen LogP contribution in [-0.2, 0) is 9.84 Å². The van der Waals surface area contributed by atoms with Crippen molar-refractivity contribution in [2.24, 2.45) is 0 Å². The maximum Gasteiger partial charge on any atom is 0.179 e. The van der Waals surface area contributed by atoms with Crippen LogP contribution in [-0.4, -0.2) is 14.2 Å². The summed E-state index contributed by atoms with van der Waals surface area (Å²) in [5, 5.41) is 8.54. The van der Waals surface area contributed by atoms with Gasteiger partial charge >= 0.3 is 0 Å². The Kier molecular flexibility index (Phi) is 4.79. The number of unbranched alkanes of at least 4 members (excludes halogenated alkanes) is 2. The summed E-state index contributed by atoms with van der Waals surface area (Å²) in [5.74, 6) is -0.0160. The zero-order chi connectivity index (χ0) is 12.9. The van der Waals surface area contributed by atoms with Gasteiger partial charge in [-0.25, -0.2) is 8.42 Å². The zero-order valence-corrected chi connectivity index (χ0v) is 10.8. The topological polar surface area (TPSA) is 84.0 Å². The Morgan fingerprint density at radius 3 is 2.71 bits per heavy atom. The number of nitriles is 1. The molecule has 0 bridgehead atoms. The van der Waals surface area contributed by atoms with Gasteiger partial charge in [0.15, 0.2) is 9.84 Å². The molecule has 0 saturated heterocycles. The molecular weight excluding hydrogens is 260 g/mol. The van der Waals surface area contributed by atoms with Gasteiger partial charge in [-0.2, -0.15) is 5.26 Å². The van der Waals surface area contributed by atoms with E-state index in [0.29, 0.717) is 24.9 Å². The molecule has 0 fully saturated rings. The van der Waals surface area contributed by atoms with Crippen LogP contribution in [0.25, 0.3) is 0 Å². The summed E-state index contributed by atoms with van der Waals surface area (Å²) in [5.41, 5.74) is 5.90. The van der Waals surface area contributed by atoms with Crippen molar-refractivity contribution in [3.63, 3.8) is 0 Å². The summed E-state index contributed by atoms with van der Waals surface area (Å²) in [4.78, 5) is 0.0659. The number of nitrogens with zero attached hydrogens (tertiary/aromatic N) is 1. The molecule has 0 aromatic heterocycles. The number of halogens is 1. The van der Waals surface area contributed by atoms with Crippen molar-refractivity contribution in [1.29, 1.82) is 5.26 Å². The lowest BCUT2D eigenvalue weighted by atomic mass is 10.3. The first-order valence-corrected chi connectivity index (χ1v) is 7.15. The molecule has 0 unspecified atom stereocenters. The second kappa shape index (κ2) is 5.89. The van der Waals surface area contributed by atoms with Crippen molar-refractivity contribution >= 4 is 27.1 Å². The summed E-state index contributed by atoms with van der Waals surface area (Å²) in [6, 6.07) is 6.36. The van der Waals surface area contributed by atoms with Gasteiger partial charge in [0, 0.05) is 12.1 Å². The first-order valence-electron chi connectivity index (χ1n) is 5.12. The molecular formula is C11H13ClN2O2S. The van der Waals surface area contributed by atoms with Crippen molar-refractivity contribution < 1.29 is 8.42 Å². The van der Waals surface area contributed by atoms with Crippen molar-refractivity contribution in [2.45, 2.75) is 24.2 Å². The van der Waals surface area contributed by atoms with Crippen LogP contribution < -0.4 is 5.73 Å². The molecule has 92 valence electrons. The Balaban J connectivity index is 2.83. The van der Waals surface area contributed by atoms with Gasteiger partial charge in [0.1, 0.15) is 0 Å². The lowest BCUT2D eigenvalue weighted by Crippen LogP contribution is -2.08. The highest BCUT2D eigenvalue weighted by Crippen LogP contribution is 2.25. The highest BCUT2D eigenvalue weighted by molar-refractivity contribution is 7.91. The fourth-order valence-electron chi connectivity index (χ4n) is 1.36. The standard InChI is InChI=1S/C11H13ClN2O2S/c12-10-5-4-9(14)8-11(10)17(15,16)7-3-1-2-6-13/h4-5,8H,1-3,7,14H2. The molecule has 0 spiro atoms. The minimum absolute atomic E-state index is 0.0160. The van der Waals surface area contributed by atoms with Crippen LogP contribution in [0.15, 0.2) is 23.1 Å². The number of benzene rings is 1. The predicted octanol–water partition coefficient (Wildman–Crippen LogP) is 2.39. The number of rotatable bonds is 5. The number of anilines is 1. The lowest BCUT2D eigenvalue weighted by Gasteiger charge is -2.06. The van der Waals surface area contributed by atoms with E-state index in [2.05, 4.69) is 0 Å². The van der Waals surface area contributed by atoms with E-state index in [9.17, 15) is 8.42 Å². The number of sulfone groups is 1. The van der Waals surface area contributed by atoms with Gasteiger partial charge in [-0.05, 0) is 31.0 Å². The fourth-order valence-corrected chi connectivity index (χ4v) is 3.32. The first kappa shape index (κ1) is 13.8. The van der Waals surface area contributed by atoms with Gasteiger partial charge in [0.05, 0.1) is 21.7 Å². The van der Waals surface area contributed by atoms with Crippen LogP contribution in [0.3, 0.4) is 0 Å². The molecule has 0 aliphatic heterocycles. The second-order valence-corrected chi connectivity index (χ2v) is 6.11. The van der Waals surface area contributed by atoms with Crippen molar-refractivity contribution in [3.05, 3.63) is 23.2 Å². The third-order valence-corrected chi connectivity index (χ3v) is 4.52. The van der Waals surface area contributed by atoms with Gasteiger partial charge in [-0.1, -0.05) is 11.6 Å². The van der Waals surface area contributed by atoms with Crippen molar-refractivity contribution in [1.82, 2.24) is 0 Å². The molecule has 0 radical (unpaired) electrons. The Hall–Kier alpha value is -1.25. The van der Waals surface area contributed by atoms with Gasteiger partial charge in [-0.3, -0.25) is 0 Å². The van der Waals surface area contributed by atoms with E-state index in [1.807, 2.05) is 6.07 Å². The van der Waals surface area contributed by atoms with Crippen molar-refractivity contribution in [2.75, 3.05) is 11.5 Å². The lowest BCUT2D eigenvalue weighted by molar-refractivity contribution is 0.592. The van der Waals surface area contributed by atoms with E-state index in [1.165, 1.54) is 12.1 Å². The quantitative estimate of drug-likeness (QED) is 0.659. The van der Waals surface area contributed by atoms with E-state index in [4.69, 9.17) is 22.6 Å². The fraction of sp³-hybridized carbons (Fsp3) is 0.364. The van der Waals surface area contributed by atoms with Crippen LogP contribution in [0.1, 0.15) is 19.3 Å². The molecule has 1 rings (SSSR count). The summed E-state index contributed by atoms with van der Waals surface area (Å²) < 4.78 is 23.9. The molecule has 0 heterocycles. The summed E-state index contributed by atoms with van der Waals surface area (Å²) in [6.45, 7) is 0. The Morgan fingerprint density at radius 1 is 1.35 bits per heavy atom. The van der Waals surface area contributed by atoms with Crippen molar-refractivity contribution in [3.8, 4) is 6.07 Å². The molecule has 4 nitrogen and oxygen atoms in total. The highest BCUT2D eigenvalue weighted by Gasteiger charge is 2.17. The van der Waals surface area contributed by atoms with Gasteiger partial charge in [-0.15, -0.1) is 0 Å². The summed E-state index contributed by atoms with van der Waals surface area (Å²) in [6.07, 6.45) is 1.37. The SMILES string of the molecule is N#CCCCCS(=O)(=O)c1cc(N)ccc1Cl. The Morgan fingerprint density at radius 2 is 2.06 bits per heavy atom. The van der Waals surface area contributed by atoms with E-state index >= 15 is 0 Å². The minimum Gasteiger partial charge on any atom is -0.399 e. The van der Waals surface area contributed by atoms with Crippen LogP contribution >= 0.6 is 11.6 Å². The zero-order valence-electron chi connectivity index (χ0n) is 9.19. The van der Waals surface area contributed by atoms with Crippen LogP contribution in [0, 0.1) is 11.3 Å². The normalized spacial score (nSPS) is 11.1. The molecule has 0 aliphatic carbocycles. The molecule has 17 heavy (non-hydrogen) atoms. The van der Waals surface area contributed by atoms with Crippen LogP contribution in [0.2, 0.25) is 5.02 Å². The number of hydrogen-bond acceptors (Lipinski definition) is 4. The molecule has 1 aromatic carbocycles. The predicted molar refractivity (Wildman–Crippen MR) is 67.4 cm³/mol. The van der Waals surface area contributed by atoms with E-state index < -0.39 is 9.84 Å². The molecule has 0 saturated carbocycles. The largest absolute Gasteiger partial charge is 0.399 e. The van der Waals surface area contributed by atoms with E-state index in [-0.39, 0.29) is 15.7 Å². The number of nitrogen functional groups attached to an aromatic ring is 1. The third kappa shape index (κ3) is 3.91. The summed E-state index contributed by atoms with van der Waals surface area (Å²) in [7, 11) is -3.42. The molecule has 0 aliphatic rings. The smallest absolute Gasteiger partial charge is 0.179 e. The average molecular weight is 273 g/mol. The van der Waals surface area contributed by atoms with Crippen LogP contribution in [0.4, 0.5) is 5.69 Å². The highest BCUT2D eigenvalue weighted by atomic mass is 35.5. The first-order chi connectivity index (χ1) is 7.97. The van der Waals surface area contributed by atoms with E-state index in [1.54, 1.807) is 6.07 Å². The number of hydrogen-bond donors (Lipinski definition) is 1. The van der Waals surface area contributed by atoms with Crippen LogP contribution in [0.5, 0.6) is 0 Å². The molecule has 2 N–H and O–H groups in total. The summed E-state index contributed by atoms with van der Waals surface area (Å²) >= 11 is 5.83. The second-order valence-electron chi connectivity index (χ2n) is 3.62.